The molecule has 12 aromatic carbocycles. The number of rotatable bonds is 5. The van der Waals surface area contributed by atoms with Crippen LogP contribution in [0.5, 0.6) is 0 Å². The minimum atomic E-state index is -0.506. The van der Waals surface area contributed by atoms with Gasteiger partial charge in [0.2, 0.25) is 0 Å². The minimum absolute atomic E-state index is 0.468. The number of nitrogens with zero attached hydrogens (tertiary/aromatic N) is 1. The van der Waals surface area contributed by atoms with Crippen LogP contribution in [0.25, 0.3) is 82.4 Å². The molecule has 1 nitrogen and oxygen atoms in total. The zero-order valence-electron chi connectivity index (χ0n) is 40.9. The summed E-state index contributed by atoms with van der Waals surface area (Å²) in [5.74, 6) is 0. The molecule has 4 aliphatic rings. The molecule has 0 aromatic heterocycles. The zero-order valence-corrected chi connectivity index (χ0v) is 40.9. The van der Waals surface area contributed by atoms with Crippen molar-refractivity contribution >= 4 is 43.6 Å². The van der Waals surface area contributed by atoms with Crippen LogP contribution in [0.1, 0.15) is 68.1 Å². The van der Waals surface area contributed by atoms with E-state index in [9.17, 15) is 0 Å². The van der Waals surface area contributed by atoms with Crippen molar-refractivity contribution in [3.63, 3.8) is 0 Å². The van der Waals surface area contributed by atoms with Gasteiger partial charge in [-0.3, -0.25) is 4.99 Å². The molecule has 74 heavy (non-hydrogen) atoms. The van der Waals surface area contributed by atoms with Crippen molar-refractivity contribution < 1.29 is 0 Å². The van der Waals surface area contributed by atoms with Crippen molar-refractivity contribution in [2.45, 2.75) is 24.3 Å². The molecule has 0 aliphatic heterocycles. The van der Waals surface area contributed by atoms with Gasteiger partial charge < -0.3 is 0 Å². The summed E-state index contributed by atoms with van der Waals surface area (Å²) in [5.41, 5.74) is 25.9. The van der Waals surface area contributed by atoms with E-state index in [-0.39, 0.29) is 0 Å². The molecule has 0 saturated carbocycles. The minimum Gasteiger partial charge on any atom is -0.280 e. The molecule has 0 saturated heterocycles. The van der Waals surface area contributed by atoms with Gasteiger partial charge in [0.1, 0.15) is 0 Å². The number of allylic oxidation sites excluding steroid dienone is 2. The average molecular weight is 938 g/mol. The van der Waals surface area contributed by atoms with Crippen molar-refractivity contribution in [1.29, 1.82) is 0 Å². The Morgan fingerprint density at radius 2 is 0.743 bits per heavy atom. The Kier molecular flexibility index (Phi) is 8.64. The van der Waals surface area contributed by atoms with E-state index in [1.807, 2.05) is 0 Å². The van der Waals surface area contributed by atoms with Gasteiger partial charge in [0, 0.05) is 5.56 Å². The van der Waals surface area contributed by atoms with Crippen LogP contribution >= 0.6 is 0 Å². The molecule has 16 rings (SSSR count). The van der Waals surface area contributed by atoms with Crippen LogP contribution in [0.4, 0.5) is 0 Å². The van der Waals surface area contributed by atoms with E-state index in [4.69, 9.17) is 4.99 Å². The summed E-state index contributed by atoms with van der Waals surface area (Å²) in [7, 11) is 0. The lowest BCUT2D eigenvalue weighted by atomic mass is 9.70. The SMILES string of the molecule is C/C(=C\C(=NCc1cc2c(c3ccccc13)-c1ccccc1C21c2ccccc2-c2ccccc21)c1cc2c(c3ccccc13)-c1ccccc1C21c2ccccc2-c2ccccc21)c1ccc2ccccc2c1. The van der Waals surface area contributed by atoms with Gasteiger partial charge in [-0.15, -0.1) is 0 Å². The van der Waals surface area contributed by atoms with Crippen molar-refractivity contribution in [3.8, 4) is 44.5 Å². The van der Waals surface area contributed by atoms with E-state index in [1.165, 1.54) is 138 Å². The maximum atomic E-state index is 5.99. The second-order valence-electron chi connectivity index (χ2n) is 20.8. The number of benzene rings is 12. The summed E-state index contributed by atoms with van der Waals surface area (Å²) in [6, 6.07) is 93.6. The highest BCUT2D eigenvalue weighted by atomic mass is 14.7. The largest absolute Gasteiger partial charge is 0.280 e. The van der Waals surface area contributed by atoms with Crippen LogP contribution in [0.15, 0.2) is 260 Å². The zero-order chi connectivity index (χ0) is 48.7. The summed E-state index contributed by atoms with van der Waals surface area (Å²) in [5, 5.41) is 7.42. The fraction of sp³-hybridized carbons (Fsp3) is 0.0548. The normalized spacial score (nSPS) is 14.7. The molecule has 4 aliphatic carbocycles. The van der Waals surface area contributed by atoms with Crippen LogP contribution in [0.2, 0.25) is 0 Å². The molecule has 0 fully saturated rings. The molecule has 0 atom stereocenters. The summed E-state index contributed by atoms with van der Waals surface area (Å²) in [6.45, 7) is 2.75. The molecule has 2 spiro atoms. The maximum absolute atomic E-state index is 5.99. The summed E-state index contributed by atoms with van der Waals surface area (Å²) in [6.07, 6.45) is 2.37. The fourth-order valence-electron chi connectivity index (χ4n) is 14.4. The second-order valence-corrected chi connectivity index (χ2v) is 20.8. The number of fused-ring (bicyclic) bond motifs is 25. The monoisotopic (exact) mass is 937 g/mol. The third-order valence-corrected chi connectivity index (χ3v) is 17.3. The van der Waals surface area contributed by atoms with Crippen LogP contribution in [-0.2, 0) is 17.4 Å². The number of aliphatic imine (C=N–C) groups is 1. The molecule has 1 heteroatoms. The van der Waals surface area contributed by atoms with Gasteiger partial charge in [0.15, 0.2) is 0 Å². The molecule has 0 heterocycles. The third-order valence-electron chi connectivity index (χ3n) is 17.3. The Balaban J connectivity index is 0.973. The van der Waals surface area contributed by atoms with Crippen LogP contribution < -0.4 is 0 Å². The van der Waals surface area contributed by atoms with Crippen molar-refractivity contribution in [1.82, 2.24) is 0 Å². The molecule has 0 N–H and O–H groups in total. The summed E-state index contributed by atoms with van der Waals surface area (Å²) in [4.78, 5) is 5.99. The Morgan fingerprint density at radius 1 is 0.351 bits per heavy atom. The van der Waals surface area contributed by atoms with Gasteiger partial charge in [-0.2, -0.15) is 0 Å². The Hall–Kier alpha value is -9.17. The van der Waals surface area contributed by atoms with Gasteiger partial charge in [0.05, 0.1) is 23.1 Å². The standard InChI is InChI=1S/C73H47N/c1-45(47-39-38-46-20-2-3-21-48(46)41-47)40-69(60-43-68-71(57-29-7-5-23-51(57)60)59-31-13-19-37-66(59)73(68)63-34-16-10-26-54(63)55-27-11-17-35-64(55)73)74-44-49-42-67-70(56-28-6-4-22-50(49)56)58-30-12-18-36-65(58)72(67)61-32-14-8-24-52(61)53-25-9-15-33-62(53)72/h2-43H,44H2,1H3/b45-40+,74-69?. The van der Waals surface area contributed by atoms with E-state index in [2.05, 4.69) is 262 Å². The first-order chi connectivity index (χ1) is 36.6. The van der Waals surface area contributed by atoms with E-state index in [1.54, 1.807) is 0 Å². The van der Waals surface area contributed by atoms with Gasteiger partial charge in [-0.25, -0.2) is 0 Å². The maximum Gasteiger partial charge on any atom is 0.0725 e. The molecule has 0 amide bonds. The predicted molar refractivity (Wildman–Crippen MR) is 308 cm³/mol. The molecule has 344 valence electrons. The van der Waals surface area contributed by atoms with Gasteiger partial charge in [0.25, 0.3) is 0 Å². The van der Waals surface area contributed by atoms with Crippen molar-refractivity contribution in [2.24, 2.45) is 4.99 Å². The van der Waals surface area contributed by atoms with Crippen LogP contribution in [-0.4, -0.2) is 5.71 Å². The Bertz CT molecular complexity index is 4390. The number of hydrogen-bond donors (Lipinski definition) is 0. The van der Waals surface area contributed by atoms with Gasteiger partial charge in [-0.1, -0.05) is 237 Å². The van der Waals surface area contributed by atoms with Crippen LogP contribution in [0.3, 0.4) is 0 Å². The van der Waals surface area contributed by atoms with Crippen LogP contribution in [0, 0.1) is 0 Å². The molecular formula is C73H47N. The smallest absolute Gasteiger partial charge is 0.0725 e. The third kappa shape index (κ3) is 5.35. The van der Waals surface area contributed by atoms with E-state index < -0.39 is 10.8 Å². The molecule has 0 bridgehead atoms. The van der Waals surface area contributed by atoms with Gasteiger partial charge in [-0.05, 0) is 163 Å². The highest BCUT2D eigenvalue weighted by molar-refractivity contribution is 6.22. The first kappa shape index (κ1) is 41.4. The lowest BCUT2D eigenvalue weighted by Gasteiger charge is -2.31. The second kappa shape index (κ2) is 15.4. The first-order valence-corrected chi connectivity index (χ1v) is 26.1. The van der Waals surface area contributed by atoms with E-state index >= 15 is 0 Å². The Labute approximate surface area is 431 Å². The first-order valence-electron chi connectivity index (χ1n) is 26.1. The Morgan fingerprint density at radius 3 is 1.27 bits per heavy atom. The summed E-state index contributed by atoms with van der Waals surface area (Å²) < 4.78 is 0. The predicted octanol–water partition coefficient (Wildman–Crippen LogP) is 17.9. The topological polar surface area (TPSA) is 12.4 Å². The molecule has 0 radical (unpaired) electrons. The lowest BCUT2D eigenvalue weighted by molar-refractivity contribution is 0.792. The highest BCUT2D eigenvalue weighted by Crippen LogP contribution is 2.66. The number of hydrogen-bond acceptors (Lipinski definition) is 1. The van der Waals surface area contributed by atoms with Crippen molar-refractivity contribution in [3.05, 3.63) is 316 Å². The average Bonchev–Trinajstić information content (AvgIpc) is 4.18. The fourth-order valence-corrected chi connectivity index (χ4v) is 14.4. The lowest BCUT2D eigenvalue weighted by Crippen LogP contribution is -2.26. The van der Waals surface area contributed by atoms with Crippen molar-refractivity contribution in [2.75, 3.05) is 0 Å². The molecule has 0 unspecified atom stereocenters. The van der Waals surface area contributed by atoms with E-state index in [0.717, 1.165) is 11.3 Å². The van der Waals surface area contributed by atoms with Gasteiger partial charge >= 0.3 is 0 Å². The molecular weight excluding hydrogens is 891 g/mol. The highest BCUT2D eigenvalue weighted by Gasteiger charge is 2.54. The summed E-state index contributed by atoms with van der Waals surface area (Å²) >= 11 is 0. The van der Waals surface area contributed by atoms with E-state index in [0.29, 0.717) is 6.54 Å². The molecule has 12 aromatic rings. The quantitative estimate of drug-likeness (QED) is 0.153.